The van der Waals surface area contributed by atoms with E-state index in [0.717, 1.165) is 51.6 Å². The van der Waals surface area contributed by atoms with Crippen LogP contribution in [0.15, 0.2) is 0 Å². The van der Waals surface area contributed by atoms with Gasteiger partial charge in [0.1, 0.15) is 0 Å². The molecule has 1 rings (SSSR count). The van der Waals surface area contributed by atoms with Crippen LogP contribution in [0.5, 0.6) is 0 Å². The molecule has 1 saturated carbocycles. The SMILES string of the molecule is CCCN(CCC)C(=O)CCCC(=O)NC1CCC(N)CC1. The predicted molar refractivity (Wildman–Crippen MR) is 89.4 cm³/mol. The first-order valence-electron chi connectivity index (χ1n) is 8.89. The molecule has 5 nitrogen and oxygen atoms in total. The van der Waals surface area contributed by atoms with E-state index in [9.17, 15) is 9.59 Å². The molecule has 0 spiro atoms. The lowest BCUT2D eigenvalue weighted by molar-refractivity contribution is -0.131. The van der Waals surface area contributed by atoms with E-state index in [-0.39, 0.29) is 17.9 Å². The topological polar surface area (TPSA) is 75.4 Å². The van der Waals surface area contributed by atoms with Gasteiger partial charge in [0.2, 0.25) is 11.8 Å². The fourth-order valence-electron chi connectivity index (χ4n) is 3.02. The third kappa shape index (κ3) is 7.25. The van der Waals surface area contributed by atoms with Gasteiger partial charge in [-0.3, -0.25) is 9.59 Å². The fraction of sp³-hybridized carbons (Fsp3) is 0.882. The largest absolute Gasteiger partial charge is 0.353 e. The number of nitrogens with two attached hydrogens (primary N) is 1. The van der Waals surface area contributed by atoms with E-state index >= 15 is 0 Å². The lowest BCUT2D eigenvalue weighted by Gasteiger charge is -2.26. The number of hydrogen-bond donors (Lipinski definition) is 2. The van der Waals surface area contributed by atoms with E-state index < -0.39 is 0 Å². The fourth-order valence-corrected chi connectivity index (χ4v) is 3.02. The van der Waals surface area contributed by atoms with E-state index in [4.69, 9.17) is 5.73 Å². The van der Waals surface area contributed by atoms with Crippen molar-refractivity contribution in [2.45, 2.75) is 83.7 Å². The highest BCUT2D eigenvalue weighted by molar-refractivity contribution is 5.79. The number of carbonyl (C=O) groups is 2. The minimum atomic E-state index is 0.0748. The zero-order valence-electron chi connectivity index (χ0n) is 14.3. The monoisotopic (exact) mass is 311 g/mol. The molecule has 0 aromatic heterocycles. The maximum atomic E-state index is 12.1. The molecule has 0 atom stereocenters. The molecule has 0 aliphatic heterocycles. The van der Waals surface area contributed by atoms with Gasteiger partial charge in [0.15, 0.2) is 0 Å². The molecule has 0 heterocycles. The molecule has 2 amide bonds. The van der Waals surface area contributed by atoms with E-state index in [1.54, 1.807) is 0 Å². The second kappa shape index (κ2) is 10.6. The van der Waals surface area contributed by atoms with Gasteiger partial charge in [-0.2, -0.15) is 0 Å². The molecule has 1 aliphatic carbocycles. The lowest BCUT2D eigenvalue weighted by atomic mass is 9.92. The maximum Gasteiger partial charge on any atom is 0.222 e. The number of amides is 2. The van der Waals surface area contributed by atoms with Gasteiger partial charge < -0.3 is 16.0 Å². The average Bonchev–Trinajstić information content (AvgIpc) is 2.49. The van der Waals surface area contributed by atoms with Crippen molar-refractivity contribution < 1.29 is 9.59 Å². The number of nitrogens with zero attached hydrogens (tertiary/aromatic N) is 1. The molecule has 3 N–H and O–H groups in total. The van der Waals surface area contributed by atoms with Crippen molar-refractivity contribution in [1.82, 2.24) is 10.2 Å². The third-order valence-corrected chi connectivity index (χ3v) is 4.27. The molecule has 0 aromatic carbocycles. The molecule has 22 heavy (non-hydrogen) atoms. The molecule has 1 fully saturated rings. The molecule has 0 radical (unpaired) electrons. The summed E-state index contributed by atoms with van der Waals surface area (Å²) < 4.78 is 0. The van der Waals surface area contributed by atoms with Crippen LogP contribution in [-0.4, -0.2) is 41.9 Å². The van der Waals surface area contributed by atoms with Gasteiger partial charge in [0, 0.05) is 38.0 Å². The van der Waals surface area contributed by atoms with Gasteiger partial charge in [-0.05, 0) is 44.9 Å². The standard InChI is InChI=1S/C17H33N3O2/c1-3-12-20(13-4-2)17(22)7-5-6-16(21)19-15-10-8-14(18)9-11-15/h14-15H,3-13,18H2,1-2H3,(H,19,21). The van der Waals surface area contributed by atoms with Crippen molar-refractivity contribution in [3.05, 3.63) is 0 Å². The molecular formula is C17H33N3O2. The van der Waals surface area contributed by atoms with Gasteiger partial charge in [0.25, 0.3) is 0 Å². The summed E-state index contributed by atoms with van der Waals surface area (Å²) in [5.74, 6) is 0.256. The van der Waals surface area contributed by atoms with Crippen LogP contribution in [0.25, 0.3) is 0 Å². The molecular weight excluding hydrogens is 278 g/mol. The van der Waals surface area contributed by atoms with Crippen molar-refractivity contribution in [2.75, 3.05) is 13.1 Å². The number of hydrogen-bond acceptors (Lipinski definition) is 3. The summed E-state index contributed by atoms with van der Waals surface area (Å²) in [6, 6.07) is 0.577. The lowest BCUT2D eigenvalue weighted by Crippen LogP contribution is -2.40. The summed E-state index contributed by atoms with van der Waals surface area (Å²) in [6.45, 7) is 5.81. The van der Waals surface area contributed by atoms with Gasteiger partial charge in [-0.25, -0.2) is 0 Å². The number of nitrogens with one attached hydrogen (secondary N) is 1. The first-order chi connectivity index (χ1) is 10.6. The average molecular weight is 311 g/mol. The zero-order chi connectivity index (χ0) is 16.4. The second-order valence-corrected chi connectivity index (χ2v) is 6.41. The van der Waals surface area contributed by atoms with Crippen LogP contribution in [0, 0.1) is 0 Å². The van der Waals surface area contributed by atoms with Crippen LogP contribution in [-0.2, 0) is 9.59 Å². The number of rotatable bonds is 9. The van der Waals surface area contributed by atoms with E-state index in [2.05, 4.69) is 19.2 Å². The molecule has 0 saturated heterocycles. The number of carbonyl (C=O) groups excluding carboxylic acids is 2. The summed E-state index contributed by atoms with van der Waals surface area (Å²) >= 11 is 0. The molecule has 5 heteroatoms. The van der Waals surface area contributed by atoms with Crippen molar-refractivity contribution in [1.29, 1.82) is 0 Å². The zero-order valence-corrected chi connectivity index (χ0v) is 14.3. The van der Waals surface area contributed by atoms with E-state index in [0.29, 0.717) is 25.3 Å². The van der Waals surface area contributed by atoms with Crippen molar-refractivity contribution in [2.24, 2.45) is 5.73 Å². The van der Waals surface area contributed by atoms with Gasteiger partial charge in [-0.15, -0.1) is 0 Å². The molecule has 128 valence electrons. The molecule has 0 bridgehead atoms. The Balaban J connectivity index is 2.19. The molecule has 0 unspecified atom stereocenters. The Kier molecular flexibility index (Phi) is 9.13. The van der Waals surface area contributed by atoms with Crippen LogP contribution in [0.2, 0.25) is 0 Å². The Morgan fingerprint density at radius 3 is 2.18 bits per heavy atom. The van der Waals surface area contributed by atoms with Crippen LogP contribution in [0.3, 0.4) is 0 Å². The van der Waals surface area contributed by atoms with Gasteiger partial charge >= 0.3 is 0 Å². The van der Waals surface area contributed by atoms with E-state index in [1.165, 1.54) is 0 Å². The van der Waals surface area contributed by atoms with Crippen molar-refractivity contribution in [3.63, 3.8) is 0 Å². The first-order valence-corrected chi connectivity index (χ1v) is 8.89. The quantitative estimate of drug-likeness (QED) is 0.685. The smallest absolute Gasteiger partial charge is 0.222 e. The minimum Gasteiger partial charge on any atom is -0.353 e. The second-order valence-electron chi connectivity index (χ2n) is 6.41. The molecule has 0 aromatic rings. The Morgan fingerprint density at radius 2 is 1.64 bits per heavy atom. The van der Waals surface area contributed by atoms with Crippen LogP contribution in [0.1, 0.15) is 71.6 Å². The highest BCUT2D eigenvalue weighted by atomic mass is 16.2. The molecule has 1 aliphatic rings. The van der Waals surface area contributed by atoms with Gasteiger partial charge in [-0.1, -0.05) is 13.8 Å². The maximum absolute atomic E-state index is 12.1. The predicted octanol–water partition coefficient (Wildman–Crippen LogP) is 2.19. The van der Waals surface area contributed by atoms with Crippen LogP contribution >= 0.6 is 0 Å². The third-order valence-electron chi connectivity index (χ3n) is 4.27. The summed E-state index contributed by atoms with van der Waals surface area (Å²) in [4.78, 5) is 26.0. The van der Waals surface area contributed by atoms with Crippen LogP contribution in [0.4, 0.5) is 0 Å². The Labute approximate surface area is 135 Å². The Morgan fingerprint density at radius 1 is 1.05 bits per heavy atom. The first kappa shape index (κ1) is 18.9. The van der Waals surface area contributed by atoms with Crippen LogP contribution < -0.4 is 11.1 Å². The summed E-state index contributed by atoms with van der Waals surface area (Å²) in [5, 5.41) is 3.07. The normalized spacial score (nSPS) is 21.4. The summed E-state index contributed by atoms with van der Waals surface area (Å²) in [6.07, 6.45) is 7.47. The Bertz CT molecular complexity index is 333. The summed E-state index contributed by atoms with van der Waals surface area (Å²) in [5.41, 5.74) is 5.86. The highest BCUT2D eigenvalue weighted by Crippen LogP contribution is 2.17. The van der Waals surface area contributed by atoms with Crippen molar-refractivity contribution >= 4 is 11.8 Å². The Hall–Kier alpha value is -1.10. The van der Waals surface area contributed by atoms with Gasteiger partial charge in [0.05, 0.1) is 0 Å². The minimum absolute atomic E-state index is 0.0748. The highest BCUT2D eigenvalue weighted by Gasteiger charge is 2.20. The summed E-state index contributed by atoms with van der Waals surface area (Å²) in [7, 11) is 0. The van der Waals surface area contributed by atoms with Crippen molar-refractivity contribution in [3.8, 4) is 0 Å². The van der Waals surface area contributed by atoms with E-state index in [1.807, 2.05) is 4.90 Å².